The molecule has 0 aliphatic heterocycles. The van der Waals surface area contributed by atoms with Gasteiger partial charge in [-0.25, -0.2) is 9.38 Å². The van der Waals surface area contributed by atoms with Crippen molar-refractivity contribution in [2.45, 2.75) is 57.4 Å². The second-order valence-electron chi connectivity index (χ2n) is 6.24. The molecule has 0 bridgehead atoms. The summed E-state index contributed by atoms with van der Waals surface area (Å²) in [5.41, 5.74) is 0.859. The van der Waals surface area contributed by atoms with Gasteiger partial charge in [0.25, 0.3) is 0 Å². The summed E-state index contributed by atoms with van der Waals surface area (Å²) in [5, 5.41) is 7.09. The third-order valence-electron chi connectivity index (χ3n) is 4.37. The van der Waals surface area contributed by atoms with Gasteiger partial charge in [0.15, 0.2) is 5.96 Å². The summed E-state index contributed by atoms with van der Waals surface area (Å²) >= 11 is 5.82. The standard InChI is InChI=1S/C18H27ClFN3OS/c1-3-21-18(22-12-13-8-9-17(20)16(19)10-13)23-14-6-5-7-15(11-14)25(24)4-2/h8-10,14-15H,3-7,11-12H2,1-2H3,(H2,21,22,23). The second-order valence-corrected chi connectivity index (χ2v) is 8.66. The normalized spacial score (nSPS) is 22.5. The summed E-state index contributed by atoms with van der Waals surface area (Å²) in [6, 6.07) is 4.93. The van der Waals surface area contributed by atoms with Gasteiger partial charge in [0.1, 0.15) is 5.82 Å². The SMILES string of the molecule is CCNC(=NCc1ccc(F)c(Cl)c1)NC1CCCC(S(=O)CC)C1. The van der Waals surface area contributed by atoms with Crippen molar-refractivity contribution < 1.29 is 8.60 Å². The number of hydrogen-bond acceptors (Lipinski definition) is 2. The molecule has 0 saturated heterocycles. The molecule has 140 valence electrons. The van der Waals surface area contributed by atoms with Crippen molar-refractivity contribution in [3.05, 3.63) is 34.6 Å². The Labute approximate surface area is 157 Å². The molecule has 1 aliphatic rings. The molecule has 3 unspecified atom stereocenters. The van der Waals surface area contributed by atoms with Crippen LogP contribution in [0.1, 0.15) is 45.1 Å². The maximum Gasteiger partial charge on any atom is 0.191 e. The van der Waals surface area contributed by atoms with Crippen molar-refractivity contribution >= 4 is 28.4 Å². The van der Waals surface area contributed by atoms with Crippen LogP contribution < -0.4 is 10.6 Å². The van der Waals surface area contributed by atoms with Crippen LogP contribution in [0.2, 0.25) is 5.02 Å². The lowest BCUT2D eigenvalue weighted by Crippen LogP contribution is -2.46. The van der Waals surface area contributed by atoms with E-state index in [1.807, 2.05) is 13.8 Å². The van der Waals surface area contributed by atoms with Crippen LogP contribution in [0.4, 0.5) is 4.39 Å². The van der Waals surface area contributed by atoms with E-state index in [2.05, 4.69) is 15.6 Å². The third kappa shape index (κ3) is 6.26. The van der Waals surface area contributed by atoms with Crippen LogP contribution >= 0.6 is 11.6 Å². The smallest absolute Gasteiger partial charge is 0.191 e. The summed E-state index contributed by atoms with van der Waals surface area (Å²) in [4.78, 5) is 4.58. The largest absolute Gasteiger partial charge is 0.357 e. The van der Waals surface area contributed by atoms with Gasteiger partial charge in [-0.3, -0.25) is 4.21 Å². The lowest BCUT2D eigenvalue weighted by atomic mass is 9.95. The third-order valence-corrected chi connectivity index (χ3v) is 6.40. The lowest BCUT2D eigenvalue weighted by molar-refractivity contribution is 0.413. The van der Waals surface area contributed by atoms with Crippen LogP contribution in [-0.2, 0) is 17.3 Å². The minimum absolute atomic E-state index is 0.114. The average Bonchev–Trinajstić information content (AvgIpc) is 2.62. The molecule has 4 nitrogen and oxygen atoms in total. The molecule has 1 aromatic rings. The number of nitrogens with zero attached hydrogens (tertiary/aromatic N) is 1. The molecule has 3 atom stereocenters. The molecule has 0 aromatic heterocycles. The molecular formula is C18H27ClFN3OS. The number of guanidine groups is 1. The van der Waals surface area contributed by atoms with Crippen molar-refractivity contribution in [3.8, 4) is 0 Å². The highest BCUT2D eigenvalue weighted by Crippen LogP contribution is 2.23. The van der Waals surface area contributed by atoms with Crippen molar-refractivity contribution in [1.29, 1.82) is 0 Å². The molecule has 25 heavy (non-hydrogen) atoms. The lowest BCUT2D eigenvalue weighted by Gasteiger charge is -2.30. The van der Waals surface area contributed by atoms with Gasteiger partial charge in [0, 0.05) is 34.4 Å². The van der Waals surface area contributed by atoms with E-state index in [1.54, 1.807) is 12.1 Å². The highest BCUT2D eigenvalue weighted by molar-refractivity contribution is 7.85. The fraction of sp³-hybridized carbons (Fsp3) is 0.611. The number of rotatable bonds is 6. The van der Waals surface area contributed by atoms with Crippen LogP contribution in [0.15, 0.2) is 23.2 Å². The summed E-state index contributed by atoms with van der Waals surface area (Å²) in [7, 11) is -0.742. The maximum atomic E-state index is 13.2. The number of benzene rings is 1. The van der Waals surface area contributed by atoms with Gasteiger partial charge in [-0.05, 0) is 43.9 Å². The van der Waals surface area contributed by atoms with Gasteiger partial charge in [0.05, 0.1) is 11.6 Å². The molecule has 2 rings (SSSR count). The quantitative estimate of drug-likeness (QED) is 0.579. The molecule has 7 heteroatoms. The number of halogens is 2. The molecule has 2 N–H and O–H groups in total. The van der Waals surface area contributed by atoms with Crippen molar-refractivity contribution in [2.24, 2.45) is 4.99 Å². The van der Waals surface area contributed by atoms with Crippen LogP contribution in [-0.4, -0.2) is 33.8 Å². The molecule has 0 heterocycles. The van der Waals surface area contributed by atoms with Gasteiger partial charge >= 0.3 is 0 Å². The predicted octanol–water partition coefficient (Wildman–Crippen LogP) is 3.61. The fourth-order valence-electron chi connectivity index (χ4n) is 3.07. The Morgan fingerprint density at radius 1 is 1.40 bits per heavy atom. The Balaban J connectivity index is 1.99. The Morgan fingerprint density at radius 2 is 2.20 bits per heavy atom. The van der Waals surface area contributed by atoms with E-state index in [9.17, 15) is 8.60 Å². The summed E-state index contributed by atoms with van der Waals surface area (Å²) < 4.78 is 25.3. The Kier molecular flexibility index (Phi) is 8.16. The molecule has 1 fully saturated rings. The number of hydrogen-bond donors (Lipinski definition) is 2. The van der Waals surface area contributed by atoms with Crippen LogP contribution in [0.3, 0.4) is 0 Å². The van der Waals surface area contributed by atoms with E-state index < -0.39 is 16.6 Å². The van der Waals surface area contributed by atoms with Crippen LogP contribution in [0, 0.1) is 5.82 Å². The topological polar surface area (TPSA) is 53.5 Å². The molecule has 1 aromatic carbocycles. The molecule has 0 radical (unpaired) electrons. The summed E-state index contributed by atoms with van der Waals surface area (Å²) in [6.45, 7) is 5.17. The fourth-order valence-corrected chi connectivity index (χ4v) is 4.62. The van der Waals surface area contributed by atoms with Crippen molar-refractivity contribution in [1.82, 2.24) is 10.6 Å². The molecule has 0 spiro atoms. The molecule has 0 amide bonds. The van der Waals surface area contributed by atoms with Gasteiger partial charge in [-0.15, -0.1) is 0 Å². The van der Waals surface area contributed by atoms with E-state index in [0.717, 1.165) is 49.5 Å². The first kappa shape index (κ1) is 20.2. The van der Waals surface area contributed by atoms with Gasteiger partial charge in [-0.1, -0.05) is 31.0 Å². The first-order valence-corrected chi connectivity index (χ1v) is 10.6. The van der Waals surface area contributed by atoms with Crippen molar-refractivity contribution in [3.63, 3.8) is 0 Å². The molecule has 1 aliphatic carbocycles. The van der Waals surface area contributed by atoms with Crippen LogP contribution in [0.5, 0.6) is 0 Å². The predicted molar refractivity (Wildman–Crippen MR) is 104 cm³/mol. The van der Waals surface area contributed by atoms with Crippen molar-refractivity contribution in [2.75, 3.05) is 12.3 Å². The zero-order valence-corrected chi connectivity index (χ0v) is 16.4. The number of nitrogens with one attached hydrogen (secondary N) is 2. The second kappa shape index (κ2) is 10.1. The monoisotopic (exact) mass is 387 g/mol. The van der Waals surface area contributed by atoms with Crippen LogP contribution in [0.25, 0.3) is 0 Å². The van der Waals surface area contributed by atoms with E-state index in [0.29, 0.717) is 6.54 Å². The maximum absolute atomic E-state index is 13.2. The minimum atomic E-state index is -0.742. The summed E-state index contributed by atoms with van der Waals surface area (Å²) in [5.74, 6) is 1.03. The Hall–Kier alpha value is -1.14. The van der Waals surface area contributed by atoms with Gasteiger partial charge in [-0.2, -0.15) is 0 Å². The van der Waals surface area contributed by atoms with E-state index in [1.165, 1.54) is 6.07 Å². The summed E-state index contributed by atoms with van der Waals surface area (Å²) in [6.07, 6.45) is 4.10. The first-order valence-electron chi connectivity index (χ1n) is 8.89. The van der Waals surface area contributed by atoms with Gasteiger partial charge in [0.2, 0.25) is 0 Å². The Morgan fingerprint density at radius 3 is 2.88 bits per heavy atom. The zero-order chi connectivity index (χ0) is 18.2. The van der Waals surface area contributed by atoms with E-state index in [-0.39, 0.29) is 16.3 Å². The highest BCUT2D eigenvalue weighted by atomic mass is 35.5. The molecular weight excluding hydrogens is 361 g/mol. The van der Waals surface area contributed by atoms with E-state index in [4.69, 9.17) is 11.6 Å². The zero-order valence-electron chi connectivity index (χ0n) is 14.9. The minimum Gasteiger partial charge on any atom is -0.357 e. The average molecular weight is 388 g/mol. The highest BCUT2D eigenvalue weighted by Gasteiger charge is 2.26. The first-order chi connectivity index (χ1) is 12.0. The van der Waals surface area contributed by atoms with E-state index >= 15 is 0 Å². The molecule has 1 saturated carbocycles. The Bertz CT molecular complexity index is 626. The van der Waals surface area contributed by atoms with Gasteiger partial charge < -0.3 is 10.6 Å². The number of aliphatic imine (C=N–C) groups is 1.